The highest BCUT2D eigenvalue weighted by molar-refractivity contribution is 7.89. The molecule has 1 aliphatic rings. The number of nitrogens with zero attached hydrogens (tertiary/aromatic N) is 2. The maximum atomic E-state index is 13.4. The molecule has 1 heterocycles. The summed E-state index contributed by atoms with van der Waals surface area (Å²) in [7, 11) is -3.58. The molecule has 0 unspecified atom stereocenters. The molecule has 6 heteroatoms. The molecule has 1 aliphatic heterocycles. The summed E-state index contributed by atoms with van der Waals surface area (Å²) in [4.78, 5) is 2.36. The molecule has 0 amide bonds. The van der Waals surface area contributed by atoms with Crippen LogP contribution in [0.3, 0.4) is 0 Å². The van der Waals surface area contributed by atoms with Crippen molar-refractivity contribution in [3.8, 4) is 0 Å². The molecule has 3 rings (SSSR count). The molecule has 1 saturated heterocycles. The van der Waals surface area contributed by atoms with E-state index < -0.39 is 15.8 Å². The highest BCUT2D eigenvalue weighted by atomic mass is 32.2. The number of halogens is 1. The molecule has 0 spiro atoms. The van der Waals surface area contributed by atoms with Crippen LogP contribution >= 0.6 is 0 Å². The average molecular weight is 362 g/mol. The van der Waals surface area contributed by atoms with E-state index in [0.717, 1.165) is 5.69 Å². The van der Waals surface area contributed by atoms with Gasteiger partial charge in [0.05, 0.1) is 4.90 Å². The first-order chi connectivity index (χ1) is 11.8. The summed E-state index contributed by atoms with van der Waals surface area (Å²) in [6.07, 6.45) is 0. The Bertz CT molecular complexity index is 888. The fourth-order valence-electron chi connectivity index (χ4n) is 3.04. The second-order valence-corrected chi connectivity index (χ2v) is 8.51. The Balaban J connectivity index is 1.74. The van der Waals surface area contributed by atoms with Gasteiger partial charge >= 0.3 is 0 Å². The Kier molecular flexibility index (Phi) is 4.84. The molecule has 2 aromatic rings. The minimum atomic E-state index is -3.58. The number of rotatable bonds is 3. The third-order valence-electron chi connectivity index (χ3n) is 4.86. The molecule has 134 valence electrons. The number of sulfonamides is 1. The van der Waals surface area contributed by atoms with E-state index in [9.17, 15) is 12.8 Å². The van der Waals surface area contributed by atoms with Gasteiger partial charge in [0.1, 0.15) is 5.82 Å². The molecule has 2 aromatic carbocycles. The van der Waals surface area contributed by atoms with Gasteiger partial charge in [-0.1, -0.05) is 6.07 Å². The van der Waals surface area contributed by atoms with Gasteiger partial charge in [0.2, 0.25) is 10.0 Å². The van der Waals surface area contributed by atoms with Gasteiger partial charge in [-0.2, -0.15) is 4.31 Å². The van der Waals surface area contributed by atoms with E-state index >= 15 is 0 Å². The smallest absolute Gasteiger partial charge is 0.243 e. The second kappa shape index (κ2) is 6.77. The van der Waals surface area contributed by atoms with Gasteiger partial charge in [0, 0.05) is 31.9 Å². The lowest BCUT2D eigenvalue weighted by atomic mass is 10.1. The van der Waals surface area contributed by atoms with Crippen LogP contribution in [-0.2, 0) is 10.0 Å². The van der Waals surface area contributed by atoms with Crippen LogP contribution in [0.1, 0.15) is 16.7 Å². The molecule has 0 saturated carbocycles. The third-order valence-corrected chi connectivity index (χ3v) is 6.76. The zero-order valence-corrected chi connectivity index (χ0v) is 15.6. The maximum absolute atomic E-state index is 13.4. The van der Waals surface area contributed by atoms with Gasteiger partial charge in [0.25, 0.3) is 0 Å². The molecule has 1 fully saturated rings. The van der Waals surface area contributed by atoms with Gasteiger partial charge in [-0.05, 0) is 67.8 Å². The Hall–Kier alpha value is -1.92. The van der Waals surface area contributed by atoms with Gasteiger partial charge in [0.15, 0.2) is 0 Å². The minimum Gasteiger partial charge on any atom is -0.369 e. The summed E-state index contributed by atoms with van der Waals surface area (Å²) in [5, 5.41) is 0. The number of piperazine rings is 1. The number of aryl methyl sites for hydroxylation is 3. The van der Waals surface area contributed by atoms with Crippen LogP contribution in [0.25, 0.3) is 0 Å². The van der Waals surface area contributed by atoms with Crippen molar-refractivity contribution < 1.29 is 12.8 Å². The summed E-state index contributed by atoms with van der Waals surface area (Å²) < 4.78 is 40.5. The summed E-state index contributed by atoms with van der Waals surface area (Å²) in [6.45, 7) is 7.86. The normalized spacial score (nSPS) is 16.2. The number of benzene rings is 2. The third kappa shape index (κ3) is 3.55. The second-order valence-electron chi connectivity index (χ2n) is 6.57. The van der Waals surface area contributed by atoms with Crippen LogP contribution in [0.2, 0.25) is 0 Å². The van der Waals surface area contributed by atoms with Crippen LogP contribution in [-0.4, -0.2) is 38.9 Å². The van der Waals surface area contributed by atoms with Crippen molar-refractivity contribution in [1.29, 1.82) is 0 Å². The Morgan fingerprint density at radius 3 is 2.12 bits per heavy atom. The Labute approximate surface area is 148 Å². The van der Waals surface area contributed by atoms with Gasteiger partial charge in [-0.15, -0.1) is 0 Å². The molecular formula is C19H23FN2O2S. The molecule has 4 nitrogen and oxygen atoms in total. The molecule has 0 aliphatic carbocycles. The van der Waals surface area contributed by atoms with Crippen LogP contribution in [0.5, 0.6) is 0 Å². The van der Waals surface area contributed by atoms with Crippen molar-refractivity contribution >= 4 is 15.7 Å². The molecule has 25 heavy (non-hydrogen) atoms. The lowest BCUT2D eigenvalue weighted by Gasteiger charge is -2.35. The lowest BCUT2D eigenvalue weighted by Crippen LogP contribution is -2.48. The van der Waals surface area contributed by atoms with E-state index in [1.807, 2.05) is 0 Å². The largest absolute Gasteiger partial charge is 0.369 e. The predicted octanol–water partition coefficient (Wildman–Crippen LogP) is 3.26. The molecule has 0 N–H and O–H groups in total. The summed E-state index contributed by atoms with van der Waals surface area (Å²) in [5.74, 6) is -0.390. The standard InChI is InChI=1S/C19H23FN2O2S/c1-14-4-5-17(12-15(14)2)21-8-10-22(11-9-21)25(23,24)18-6-7-19(20)16(3)13-18/h4-7,12-13H,8-11H2,1-3H3. The first-order valence-corrected chi connectivity index (χ1v) is 9.81. The Morgan fingerprint density at radius 2 is 1.52 bits per heavy atom. The van der Waals surface area contributed by atoms with Gasteiger partial charge in [-0.25, -0.2) is 12.8 Å². The summed E-state index contributed by atoms with van der Waals surface area (Å²) in [5.41, 5.74) is 3.94. The SMILES string of the molecule is Cc1ccc(N2CCN(S(=O)(=O)c3ccc(F)c(C)c3)CC2)cc1C. The zero-order chi connectivity index (χ0) is 18.2. The highest BCUT2D eigenvalue weighted by Crippen LogP contribution is 2.24. The van der Waals surface area contributed by atoms with Crippen LogP contribution in [0.15, 0.2) is 41.3 Å². The number of hydrogen-bond acceptors (Lipinski definition) is 3. The van der Waals surface area contributed by atoms with E-state index in [4.69, 9.17) is 0 Å². The van der Waals surface area contributed by atoms with Crippen molar-refractivity contribution in [2.75, 3.05) is 31.1 Å². The summed E-state index contributed by atoms with van der Waals surface area (Å²) >= 11 is 0. The number of anilines is 1. The van der Waals surface area contributed by atoms with Crippen molar-refractivity contribution in [3.05, 3.63) is 58.9 Å². The molecule has 0 aromatic heterocycles. The van der Waals surface area contributed by atoms with Crippen LogP contribution in [0.4, 0.5) is 10.1 Å². The van der Waals surface area contributed by atoms with Crippen molar-refractivity contribution in [3.63, 3.8) is 0 Å². The van der Waals surface area contributed by atoms with Crippen molar-refractivity contribution in [1.82, 2.24) is 4.31 Å². The van der Waals surface area contributed by atoms with E-state index in [-0.39, 0.29) is 4.90 Å². The Morgan fingerprint density at radius 1 is 0.840 bits per heavy atom. The molecule has 0 radical (unpaired) electrons. The molecular weight excluding hydrogens is 339 g/mol. The molecule has 0 bridgehead atoms. The van der Waals surface area contributed by atoms with E-state index in [1.165, 1.54) is 33.6 Å². The summed E-state index contributed by atoms with van der Waals surface area (Å²) in [6, 6.07) is 10.3. The first-order valence-electron chi connectivity index (χ1n) is 8.37. The van der Waals surface area contributed by atoms with E-state index in [1.54, 1.807) is 6.92 Å². The van der Waals surface area contributed by atoms with Crippen molar-refractivity contribution in [2.45, 2.75) is 25.7 Å². The first kappa shape index (κ1) is 17.9. The predicted molar refractivity (Wildman–Crippen MR) is 98.0 cm³/mol. The topological polar surface area (TPSA) is 40.6 Å². The average Bonchev–Trinajstić information content (AvgIpc) is 2.60. The number of hydrogen-bond donors (Lipinski definition) is 0. The lowest BCUT2D eigenvalue weighted by molar-refractivity contribution is 0.385. The van der Waals surface area contributed by atoms with Crippen LogP contribution in [0, 0.1) is 26.6 Å². The fraction of sp³-hybridized carbons (Fsp3) is 0.368. The monoisotopic (exact) mass is 362 g/mol. The van der Waals surface area contributed by atoms with Gasteiger partial charge < -0.3 is 4.90 Å². The fourth-order valence-corrected chi connectivity index (χ4v) is 4.54. The van der Waals surface area contributed by atoms with Crippen LogP contribution < -0.4 is 4.90 Å². The minimum absolute atomic E-state index is 0.158. The van der Waals surface area contributed by atoms with Gasteiger partial charge in [-0.3, -0.25) is 0 Å². The van der Waals surface area contributed by atoms with E-state index in [0.29, 0.717) is 31.7 Å². The zero-order valence-electron chi connectivity index (χ0n) is 14.8. The quantitative estimate of drug-likeness (QED) is 0.841. The van der Waals surface area contributed by atoms with E-state index in [2.05, 4.69) is 36.9 Å². The highest BCUT2D eigenvalue weighted by Gasteiger charge is 2.29. The van der Waals surface area contributed by atoms with Crippen molar-refractivity contribution in [2.24, 2.45) is 0 Å². The molecule has 0 atom stereocenters. The maximum Gasteiger partial charge on any atom is 0.243 e.